The van der Waals surface area contributed by atoms with Gasteiger partial charge in [-0.3, -0.25) is 0 Å². The van der Waals surface area contributed by atoms with Crippen molar-refractivity contribution >= 4 is 46.0 Å². The molecule has 4 heteroatoms. The number of thiophene rings is 1. The third-order valence-electron chi connectivity index (χ3n) is 3.81. The fraction of sp³-hybridized carbons (Fsp3) is 0.176. The molecule has 2 aliphatic heterocycles. The molecular weight excluding hydrogens is 318 g/mol. The molecule has 21 heavy (non-hydrogen) atoms. The van der Waals surface area contributed by atoms with E-state index in [2.05, 4.69) is 52.8 Å². The number of hydrogen-bond acceptors (Lipinski definition) is 3. The molecule has 0 aliphatic carbocycles. The molecular formula is C17H14ClNS2. The molecule has 0 bridgehead atoms. The minimum absolute atomic E-state index is 0.867. The Bertz CT molecular complexity index is 730. The van der Waals surface area contributed by atoms with Crippen molar-refractivity contribution < 1.29 is 0 Å². The van der Waals surface area contributed by atoms with Crippen LogP contribution in [0.25, 0.3) is 11.3 Å². The first-order chi connectivity index (χ1) is 10.3. The lowest BCUT2D eigenvalue weighted by molar-refractivity contribution is 0.471. The SMILES string of the molecule is ClC1=C2c3sccc3SCCN2CC(c2ccccc2)=C1. The molecule has 1 aromatic carbocycles. The van der Waals surface area contributed by atoms with E-state index in [9.17, 15) is 0 Å². The maximum atomic E-state index is 6.65. The molecule has 0 N–H and O–H groups in total. The first-order valence-corrected chi connectivity index (χ1v) is 9.18. The first kappa shape index (κ1) is 13.5. The Hall–Kier alpha value is -1.16. The van der Waals surface area contributed by atoms with Crippen molar-refractivity contribution in [2.45, 2.75) is 4.90 Å². The second kappa shape index (κ2) is 5.56. The van der Waals surface area contributed by atoms with Crippen molar-refractivity contribution in [2.24, 2.45) is 0 Å². The van der Waals surface area contributed by atoms with E-state index in [1.54, 1.807) is 11.3 Å². The summed E-state index contributed by atoms with van der Waals surface area (Å²) < 4.78 is 0. The van der Waals surface area contributed by atoms with Gasteiger partial charge < -0.3 is 4.90 Å². The highest BCUT2D eigenvalue weighted by Crippen LogP contribution is 2.43. The highest BCUT2D eigenvalue weighted by atomic mass is 35.5. The molecule has 2 aromatic rings. The molecule has 0 saturated heterocycles. The van der Waals surface area contributed by atoms with Crippen molar-refractivity contribution in [1.82, 2.24) is 4.90 Å². The molecule has 0 fully saturated rings. The largest absolute Gasteiger partial charge is 0.364 e. The predicted octanol–water partition coefficient (Wildman–Crippen LogP) is 5.16. The molecule has 2 aliphatic rings. The molecule has 1 aromatic heterocycles. The molecule has 106 valence electrons. The Morgan fingerprint density at radius 3 is 2.81 bits per heavy atom. The van der Waals surface area contributed by atoms with Crippen molar-refractivity contribution in [1.29, 1.82) is 0 Å². The van der Waals surface area contributed by atoms with Gasteiger partial charge in [-0.25, -0.2) is 0 Å². The van der Waals surface area contributed by atoms with E-state index in [4.69, 9.17) is 11.6 Å². The maximum absolute atomic E-state index is 6.65. The summed E-state index contributed by atoms with van der Waals surface area (Å²) in [4.78, 5) is 5.12. The normalized spacial score (nSPS) is 18.0. The van der Waals surface area contributed by atoms with Gasteiger partial charge in [0.1, 0.15) is 0 Å². The summed E-state index contributed by atoms with van der Waals surface area (Å²) in [6, 6.07) is 12.7. The standard InChI is InChI=1S/C17H14ClNS2/c18-14-10-13(12-4-2-1-3-5-12)11-19-7-9-20-15-6-8-21-17(15)16(14)19/h1-6,8,10H,7,9,11H2. The topological polar surface area (TPSA) is 3.24 Å². The fourth-order valence-electron chi connectivity index (χ4n) is 2.82. The molecule has 0 saturated carbocycles. The summed E-state index contributed by atoms with van der Waals surface area (Å²) in [6.45, 7) is 1.98. The first-order valence-electron chi connectivity index (χ1n) is 6.94. The number of allylic oxidation sites excluding steroid dienone is 2. The molecule has 4 rings (SSSR count). The fourth-order valence-corrected chi connectivity index (χ4v) is 5.43. The van der Waals surface area contributed by atoms with Crippen LogP contribution in [0.3, 0.4) is 0 Å². The molecule has 0 amide bonds. The van der Waals surface area contributed by atoms with Crippen molar-refractivity contribution in [3.63, 3.8) is 0 Å². The van der Waals surface area contributed by atoms with Crippen LogP contribution in [0.15, 0.2) is 57.8 Å². The minimum Gasteiger partial charge on any atom is -0.364 e. The van der Waals surface area contributed by atoms with E-state index in [1.165, 1.54) is 26.6 Å². The van der Waals surface area contributed by atoms with Crippen LogP contribution in [-0.4, -0.2) is 23.7 Å². The number of thioether (sulfide) groups is 1. The Balaban J connectivity index is 1.82. The van der Waals surface area contributed by atoms with Crippen LogP contribution in [0, 0.1) is 0 Å². The van der Waals surface area contributed by atoms with E-state index >= 15 is 0 Å². The van der Waals surface area contributed by atoms with Crippen molar-refractivity contribution in [3.8, 4) is 0 Å². The monoisotopic (exact) mass is 331 g/mol. The summed E-state index contributed by atoms with van der Waals surface area (Å²) in [5, 5.41) is 3.03. The summed E-state index contributed by atoms with van der Waals surface area (Å²) in [6.07, 6.45) is 2.14. The summed E-state index contributed by atoms with van der Waals surface area (Å²) in [7, 11) is 0. The average molecular weight is 332 g/mol. The number of fused-ring (bicyclic) bond motifs is 3. The van der Waals surface area contributed by atoms with Gasteiger partial charge in [-0.05, 0) is 28.7 Å². The van der Waals surface area contributed by atoms with Crippen LogP contribution >= 0.6 is 34.7 Å². The van der Waals surface area contributed by atoms with Gasteiger partial charge in [0, 0.05) is 23.7 Å². The van der Waals surface area contributed by atoms with Gasteiger partial charge >= 0.3 is 0 Å². The number of rotatable bonds is 1. The van der Waals surface area contributed by atoms with Crippen LogP contribution in [-0.2, 0) is 0 Å². The zero-order chi connectivity index (χ0) is 14.2. The highest BCUT2D eigenvalue weighted by Gasteiger charge is 2.27. The van der Waals surface area contributed by atoms with E-state index in [0.29, 0.717) is 0 Å². The van der Waals surface area contributed by atoms with Gasteiger partial charge in [-0.1, -0.05) is 41.9 Å². The lowest BCUT2D eigenvalue weighted by Gasteiger charge is -2.30. The number of halogens is 1. The molecule has 0 atom stereocenters. The maximum Gasteiger partial charge on any atom is 0.0745 e. The van der Waals surface area contributed by atoms with Gasteiger partial charge in [-0.15, -0.1) is 23.1 Å². The van der Waals surface area contributed by atoms with Gasteiger partial charge in [0.05, 0.1) is 15.6 Å². The van der Waals surface area contributed by atoms with E-state index < -0.39 is 0 Å². The number of hydrogen-bond donors (Lipinski definition) is 0. The molecule has 1 nitrogen and oxygen atoms in total. The zero-order valence-electron chi connectivity index (χ0n) is 11.4. The summed E-state index contributed by atoms with van der Waals surface area (Å²) in [5.74, 6) is 1.11. The van der Waals surface area contributed by atoms with Gasteiger partial charge in [-0.2, -0.15) is 0 Å². The third-order valence-corrected chi connectivity index (χ3v) is 6.19. The van der Waals surface area contributed by atoms with Crippen LogP contribution in [0.5, 0.6) is 0 Å². The van der Waals surface area contributed by atoms with Crippen LogP contribution in [0.1, 0.15) is 10.4 Å². The van der Waals surface area contributed by atoms with E-state index in [-0.39, 0.29) is 0 Å². The number of benzene rings is 1. The van der Waals surface area contributed by atoms with Crippen LogP contribution in [0.4, 0.5) is 0 Å². The van der Waals surface area contributed by atoms with Crippen molar-refractivity contribution in [2.75, 3.05) is 18.8 Å². The third kappa shape index (κ3) is 2.44. The van der Waals surface area contributed by atoms with Crippen LogP contribution < -0.4 is 0 Å². The Morgan fingerprint density at radius 1 is 1.10 bits per heavy atom. The highest BCUT2D eigenvalue weighted by molar-refractivity contribution is 7.99. The average Bonchev–Trinajstić information content (AvgIpc) is 2.89. The second-order valence-electron chi connectivity index (χ2n) is 5.12. The summed E-state index contributed by atoms with van der Waals surface area (Å²) >= 11 is 10.4. The zero-order valence-corrected chi connectivity index (χ0v) is 13.8. The van der Waals surface area contributed by atoms with Crippen molar-refractivity contribution in [3.05, 3.63) is 63.3 Å². The van der Waals surface area contributed by atoms with Crippen LogP contribution in [0.2, 0.25) is 0 Å². The lowest BCUT2D eigenvalue weighted by Crippen LogP contribution is -2.28. The van der Waals surface area contributed by atoms with Gasteiger partial charge in [0.2, 0.25) is 0 Å². The smallest absolute Gasteiger partial charge is 0.0745 e. The summed E-state index contributed by atoms with van der Waals surface area (Å²) in [5.41, 5.74) is 3.78. The lowest BCUT2D eigenvalue weighted by atomic mass is 10.0. The predicted molar refractivity (Wildman–Crippen MR) is 93.8 cm³/mol. The molecule has 3 heterocycles. The molecule has 0 spiro atoms. The van der Waals surface area contributed by atoms with E-state index in [1.807, 2.05) is 11.8 Å². The van der Waals surface area contributed by atoms with Gasteiger partial charge in [0.25, 0.3) is 0 Å². The van der Waals surface area contributed by atoms with E-state index in [0.717, 1.165) is 23.9 Å². The Kier molecular flexibility index (Phi) is 3.57. The molecule has 0 unspecified atom stereocenters. The minimum atomic E-state index is 0.867. The second-order valence-corrected chi connectivity index (χ2v) is 7.58. The van der Waals surface area contributed by atoms with Gasteiger partial charge in [0.15, 0.2) is 0 Å². The Morgan fingerprint density at radius 2 is 1.95 bits per heavy atom. The number of nitrogens with zero attached hydrogens (tertiary/aromatic N) is 1. The Labute approximate surface area is 137 Å². The quantitative estimate of drug-likeness (QED) is 0.710. The molecule has 0 radical (unpaired) electrons.